The number of hydrogen-bond acceptors (Lipinski definition) is 6. The van der Waals surface area contributed by atoms with Crippen LogP contribution in [0.1, 0.15) is 32.6 Å². The second kappa shape index (κ2) is 11.0. The molecule has 2 saturated heterocycles. The van der Waals surface area contributed by atoms with Gasteiger partial charge in [-0.05, 0) is 20.9 Å². The van der Waals surface area contributed by atoms with Crippen LogP contribution in [0.2, 0.25) is 5.04 Å². The van der Waals surface area contributed by atoms with E-state index in [1.165, 1.54) is 0 Å². The maximum atomic E-state index is 11.5. The van der Waals surface area contributed by atoms with E-state index in [4.69, 9.17) is 18.6 Å². The van der Waals surface area contributed by atoms with Crippen LogP contribution in [0.15, 0.2) is 96.1 Å². The molecule has 6 unspecified atom stereocenters. The first-order valence-corrected chi connectivity index (χ1v) is 14.7. The topological polar surface area (TPSA) is 106 Å². The number of benzene rings is 3. The van der Waals surface area contributed by atoms with Crippen molar-refractivity contribution >= 4 is 18.7 Å². The number of azide groups is 1. The van der Waals surface area contributed by atoms with Gasteiger partial charge in [-0.1, -0.05) is 117 Å². The van der Waals surface area contributed by atoms with Crippen LogP contribution in [0.4, 0.5) is 0 Å². The van der Waals surface area contributed by atoms with Crippen molar-refractivity contribution in [2.75, 3.05) is 6.61 Å². The highest BCUT2D eigenvalue weighted by molar-refractivity contribution is 6.99. The summed E-state index contributed by atoms with van der Waals surface area (Å²) in [6.07, 6.45) is -4.16. The van der Waals surface area contributed by atoms with Crippen molar-refractivity contribution in [3.8, 4) is 0 Å². The van der Waals surface area contributed by atoms with Crippen molar-refractivity contribution in [1.82, 2.24) is 0 Å². The molecule has 9 heteroatoms. The lowest BCUT2D eigenvalue weighted by molar-refractivity contribution is -0.332. The Hall–Kier alpha value is -3.01. The Morgan fingerprint density at radius 3 is 1.97 bits per heavy atom. The van der Waals surface area contributed by atoms with Gasteiger partial charge in [0, 0.05) is 10.5 Å². The minimum atomic E-state index is -3.06. The Morgan fingerprint density at radius 1 is 0.895 bits per heavy atom. The van der Waals surface area contributed by atoms with Gasteiger partial charge in [0.2, 0.25) is 0 Å². The average Bonchev–Trinajstić information content (AvgIpc) is 2.94. The van der Waals surface area contributed by atoms with Crippen LogP contribution in [0.5, 0.6) is 0 Å². The summed E-state index contributed by atoms with van der Waals surface area (Å²) in [7, 11) is -3.06. The van der Waals surface area contributed by atoms with Gasteiger partial charge in [0.15, 0.2) is 12.6 Å². The lowest BCUT2D eigenvalue weighted by atomic mass is 9.96. The van der Waals surface area contributed by atoms with Gasteiger partial charge >= 0.3 is 0 Å². The summed E-state index contributed by atoms with van der Waals surface area (Å²) < 4.78 is 25.7. The van der Waals surface area contributed by atoms with E-state index in [9.17, 15) is 10.6 Å². The Balaban J connectivity index is 1.53. The zero-order valence-electron chi connectivity index (χ0n) is 21.8. The highest BCUT2D eigenvalue weighted by atomic mass is 28.4. The molecule has 0 bridgehead atoms. The van der Waals surface area contributed by atoms with Crippen LogP contribution in [-0.2, 0) is 18.6 Å². The van der Waals surface area contributed by atoms with Crippen molar-refractivity contribution < 1.29 is 23.7 Å². The van der Waals surface area contributed by atoms with E-state index >= 15 is 0 Å². The van der Waals surface area contributed by atoms with E-state index in [-0.39, 0.29) is 11.6 Å². The molecule has 6 atom stereocenters. The largest absolute Gasteiger partial charge is 0.390 e. The monoisotopic (exact) mass is 531 g/mol. The molecular weight excluding hydrogens is 498 g/mol. The molecule has 2 aliphatic heterocycles. The van der Waals surface area contributed by atoms with Gasteiger partial charge in [-0.15, -0.1) is 0 Å². The standard InChI is InChI=1S/C29H33N3O5Si/c1-29(2,3)38(21-15-9-5-10-16-21,22-17-11-6-12-18-22)37-28-24(31-32-30)25(33)26-23(35-28)19-34-27(36-26)20-13-7-4-8-14-20/h4-18,23-28,33H,19H2,1-3H3. The fourth-order valence-electron chi connectivity index (χ4n) is 5.50. The summed E-state index contributed by atoms with van der Waals surface area (Å²) in [4.78, 5) is 3.05. The van der Waals surface area contributed by atoms with Gasteiger partial charge in [0.1, 0.15) is 18.2 Å². The number of ether oxygens (including phenoxy) is 3. The maximum absolute atomic E-state index is 11.5. The smallest absolute Gasteiger partial charge is 0.264 e. The van der Waals surface area contributed by atoms with E-state index in [1.54, 1.807) is 0 Å². The SMILES string of the molecule is CC(C)(C)[Si](OC1OC2COC(c3ccccc3)OC2C(O)C1N=[N+]=[N-])(c1ccccc1)c1ccccc1. The normalized spacial score (nSPS) is 27.7. The second-order valence-electron chi connectivity index (χ2n) is 10.7. The molecule has 0 aliphatic carbocycles. The molecule has 198 valence electrons. The Labute approximate surface area is 223 Å². The predicted octanol–water partition coefficient (Wildman–Crippen LogP) is 4.44. The first-order chi connectivity index (χ1) is 18.3. The molecule has 0 amide bonds. The molecule has 38 heavy (non-hydrogen) atoms. The van der Waals surface area contributed by atoms with Crippen LogP contribution in [0.25, 0.3) is 10.4 Å². The minimum Gasteiger partial charge on any atom is -0.390 e. The summed E-state index contributed by atoms with van der Waals surface area (Å²) in [6, 6.07) is 28.8. The van der Waals surface area contributed by atoms with E-state index in [2.05, 4.69) is 55.1 Å². The van der Waals surface area contributed by atoms with Gasteiger partial charge in [-0.25, -0.2) is 0 Å². The van der Waals surface area contributed by atoms with Gasteiger partial charge < -0.3 is 23.7 Å². The van der Waals surface area contributed by atoms with Crippen molar-refractivity contribution in [1.29, 1.82) is 0 Å². The zero-order chi connectivity index (χ0) is 26.8. The molecule has 0 saturated carbocycles. The summed E-state index contributed by atoms with van der Waals surface area (Å²) in [6.45, 7) is 6.66. The van der Waals surface area contributed by atoms with Crippen LogP contribution in [-0.4, -0.2) is 50.7 Å². The maximum Gasteiger partial charge on any atom is 0.264 e. The second-order valence-corrected chi connectivity index (χ2v) is 14.9. The van der Waals surface area contributed by atoms with Gasteiger partial charge in [0.25, 0.3) is 8.32 Å². The Kier molecular flexibility index (Phi) is 7.70. The molecule has 8 nitrogen and oxygen atoms in total. The third-order valence-electron chi connectivity index (χ3n) is 7.30. The quantitative estimate of drug-likeness (QED) is 0.219. The lowest BCUT2D eigenvalue weighted by Gasteiger charge is -2.51. The predicted molar refractivity (Wildman–Crippen MR) is 146 cm³/mol. The van der Waals surface area contributed by atoms with E-state index < -0.39 is 45.3 Å². The molecule has 3 aromatic carbocycles. The summed E-state index contributed by atoms with van der Waals surface area (Å²) in [5.41, 5.74) is 10.3. The molecule has 5 rings (SSSR count). The van der Waals surface area contributed by atoms with E-state index in [1.807, 2.05) is 66.7 Å². The third kappa shape index (κ3) is 4.90. The first-order valence-electron chi connectivity index (χ1n) is 12.8. The number of aliphatic hydroxyl groups excluding tert-OH is 1. The van der Waals surface area contributed by atoms with Gasteiger partial charge in [0.05, 0.1) is 12.7 Å². The highest BCUT2D eigenvalue weighted by Gasteiger charge is 2.56. The Morgan fingerprint density at radius 2 is 1.45 bits per heavy atom. The summed E-state index contributed by atoms with van der Waals surface area (Å²) >= 11 is 0. The summed E-state index contributed by atoms with van der Waals surface area (Å²) in [5.74, 6) is 0. The van der Waals surface area contributed by atoms with Crippen LogP contribution < -0.4 is 10.4 Å². The van der Waals surface area contributed by atoms with Gasteiger partial charge in [-0.2, -0.15) is 0 Å². The number of aliphatic hydroxyl groups is 1. The molecule has 0 spiro atoms. The van der Waals surface area contributed by atoms with Crippen molar-refractivity contribution in [3.05, 3.63) is 107 Å². The highest BCUT2D eigenvalue weighted by Crippen LogP contribution is 2.41. The fraction of sp³-hybridized carbons (Fsp3) is 0.379. The molecule has 0 radical (unpaired) electrons. The molecule has 1 N–H and O–H groups in total. The van der Waals surface area contributed by atoms with Gasteiger partial charge in [-0.3, -0.25) is 0 Å². The van der Waals surface area contributed by atoms with Crippen LogP contribution in [0, 0.1) is 0 Å². The minimum absolute atomic E-state index is 0.199. The number of hydrogen-bond donors (Lipinski definition) is 1. The first kappa shape index (κ1) is 26.6. The molecule has 2 fully saturated rings. The zero-order valence-corrected chi connectivity index (χ0v) is 22.8. The van der Waals surface area contributed by atoms with Crippen molar-refractivity contribution in [2.45, 2.75) is 62.7 Å². The van der Waals surface area contributed by atoms with Crippen molar-refractivity contribution in [3.63, 3.8) is 0 Å². The fourth-order valence-corrected chi connectivity index (χ4v) is 10.1. The number of fused-ring (bicyclic) bond motifs is 1. The number of nitrogens with zero attached hydrogens (tertiary/aromatic N) is 3. The molecular formula is C29H33N3O5Si. The van der Waals surface area contributed by atoms with Crippen molar-refractivity contribution in [2.24, 2.45) is 5.11 Å². The van der Waals surface area contributed by atoms with Crippen LogP contribution >= 0.6 is 0 Å². The molecule has 3 aromatic rings. The summed E-state index contributed by atoms with van der Waals surface area (Å²) in [5, 5.41) is 17.2. The molecule has 2 aliphatic rings. The number of rotatable bonds is 6. The third-order valence-corrected chi connectivity index (χ3v) is 12.3. The van der Waals surface area contributed by atoms with E-state index in [0.29, 0.717) is 0 Å². The van der Waals surface area contributed by atoms with E-state index in [0.717, 1.165) is 15.9 Å². The lowest BCUT2D eigenvalue weighted by Crippen LogP contribution is -2.71. The Bertz CT molecular complexity index is 1210. The average molecular weight is 532 g/mol. The molecule has 2 heterocycles. The molecule has 0 aromatic heterocycles. The van der Waals surface area contributed by atoms with Crippen LogP contribution in [0.3, 0.4) is 0 Å².